The third-order valence-electron chi connectivity index (χ3n) is 4.81. The number of nitrogens with zero attached hydrogens (tertiary/aromatic N) is 1. The van der Waals surface area contributed by atoms with Gasteiger partial charge in [0.05, 0.1) is 12.7 Å². The lowest BCUT2D eigenvalue weighted by Gasteiger charge is -2.17. The molecule has 1 aliphatic carbocycles. The molecule has 1 unspecified atom stereocenters. The smallest absolute Gasteiger partial charge is 0.256 e. The van der Waals surface area contributed by atoms with Crippen LogP contribution in [0.2, 0.25) is 0 Å². The standard InChI is InChI=1S/C20H20N2O3/c1-12-3-4-14-17(11-12)25-19-16(24-2)6-5-15(18(14)19)20(23)22-13-7-9-21-10-8-13/h5-10,12H,3-4,11H2,1-2H3,(H,21,22,23). The van der Waals surface area contributed by atoms with Crippen molar-refractivity contribution in [3.8, 4) is 5.75 Å². The summed E-state index contributed by atoms with van der Waals surface area (Å²) in [6.07, 6.45) is 6.23. The highest BCUT2D eigenvalue weighted by Crippen LogP contribution is 2.40. The van der Waals surface area contributed by atoms with E-state index in [2.05, 4.69) is 17.2 Å². The number of aryl methyl sites for hydroxylation is 1. The molecule has 3 aromatic rings. The number of benzene rings is 1. The lowest BCUT2D eigenvalue weighted by atomic mass is 9.87. The number of rotatable bonds is 3. The van der Waals surface area contributed by atoms with Gasteiger partial charge in [-0.25, -0.2) is 0 Å². The summed E-state index contributed by atoms with van der Waals surface area (Å²) in [6, 6.07) is 7.14. The minimum absolute atomic E-state index is 0.152. The lowest BCUT2D eigenvalue weighted by Crippen LogP contribution is -2.14. The zero-order valence-corrected chi connectivity index (χ0v) is 14.3. The molecule has 0 radical (unpaired) electrons. The molecule has 0 spiro atoms. The summed E-state index contributed by atoms with van der Waals surface area (Å²) in [5, 5.41) is 3.81. The van der Waals surface area contributed by atoms with Gasteiger partial charge in [-0.05, 0) is 43.0 Å². The van der Waals surface area contributed by atoms with E-state index in [0.29, 0.717) is 22.8 Å². The topological polar surface area (TPSA) is 64.4 Å². The Labute approximate surface area is 146 Å². The Morgan fingerprint density at radius 3 is 2.84 bits per heavy atom. The lowest BCUT2D eigenvalue weighted by molar-refractivity contribution is 0.102. The van der Waals surface area contributed by atoms with Gasteiger partial charge in [0.2, 0.25) is 0 Å². The third-order valence-corrected chi connectivity index (χ3v) is 4.81. The minimum Gasteiger partial charge on any atom is -0.493 e. The minimum atomic E-state index is -0.152. The Balaban J connectivity index is 1.82. The van der Waals surface area contributed by atoms with Crippen molar-refractivity contribution in [2.75, 3.05) is 12.4 Å². The van der Waals surface area contributed by atoms with E-state index in [0.717, 1.165) is 41.7 Å². The highest BCUT2D eigenvalue weighted by Gasteiger charge is 2.27. The predicted octanol–water partition coefficient (Wildman–Crippen LogP) is 4.21. The van der Waals surface area contributed by atoms with Gasteiger partial charge < -0.3 is 14.5 Å². The zero-order valence-electron chi connectivity index (χ0n) is 14.3. The van der Waals surface area contributed by atoms with Crippen molar-refractivity contribution in [3.63, 3.8) is 0 Å². The first-order chi connectivity index (χ1) is 12.2. The molecule has 0 fully saturated rings. The van der Waals surface area contributed by atoms with Crippen LogP contribution < -0.4 is 10.1 Å². The summed E-state index contributed by atoms with van der Waals surface area (Å²) in [4.78, 5) is 16.8. The second-order valence-corrected chi connectivity index (χ2v) is 6.56. The average molecular weight is 336 g/mol. The SMILES string of the molecule is COc1ccc(C(=O)Nc2ccncc2)c2c3c(oc12)CC(C)CC3. The van der Waals surface area contributed by atoms with Gasteiger partial charge in [0.15, 0.2) is 11.3 Å². The van der Waals surface area contributed by atoms with Crippen molar-refractivity contribution < 1.29 is 13.9 Å². The van der Waals surface area contributed by atoms with Gasteiger partial charge in [-0.2, -0.15) is 0 Å². The molecule has 1 aliphatic rings. The molecular formula is C20H20N2O3. The molecule has 0 bridgehead atoms. The second-order valence-electron chi connectivity index (χ2n) is 6.56. The molecule has 1 aromatic carbocycles. The third kappa shape index (κ3) is 2.76. The number of carbonyl (C=O) groups is 1. The number of furan rings is 1. The first-order valence-electron chi connectivity index (χ1n) is 8.50. The monoisotopic (exact) mass is 336 g/mol. The molecule has 5 heteroatoms. The number of anilines is 1. The first-order valence-corrected chi connectivity index (χ1v) is 8.50. The Morgan fingerprint density at radius 1 is 1.28 bits per heavy atom. The summed E-state index contributed by atoms with van der Waals surface area (Å²) in [6.45, 7) is 2.23. The van der Waals surface area contributed by atoms with Crippen LogP contribution >= 0.6 is 0 Å². The van der Waals surface area contributed by atoms with E-state index >= 15 is 0 Å². The van der Waals surface area contributed by atoms with Gasteiger partial charge in [-0.3, -0.25) is 9.78 Å². The Kier molecular flexibility index (Phi) is 3.92. The molecule has 1 atom stereocenters. The number of ether oxygens (including phenoxy) is 1. The van der Waals surface area contributed by atoms with Crippen molar-refractivity contribution in [3.05, 3.63) is 53.5 Å². The van der Waals surface area contributed by atoms with Crippen LogP contribution in [-0.2, 0) is 12.8 Å². The van der Waals surface area contributed by atoms with E-state index in [-0.39, 0.29) is 5.91 Å². The second kappa shape index (κ2) is 6.24. The molecule has 2 heterocycles. The number of hydrogen-bond acceptors (Lipinski definition) is 4. The highest BCUT2D eigenvalue weighted by molar-refractivity contribution is 6.14. The fourth-order valence-corrected chi connectivity index (χ4v) is 3.51. The summed E-state index contributed by atoms with van der Waals surface area (Å²) in [7, 11) is 1.62. The molecule has 0 saturated carbocycles. The summed E-state index contributed by atoms with van der Waals surface area (Å²) < 4.78 is 11.6. The molecule has 2 aromatic heterocycles. The largest absolute Gasteiger partial charge is 0.493 e. The van der Waals surface area contributed by atoms with Crippen LogP contribution in [0.4, 0.5) is 5.69 Å². The Bertz CT molecular complexity index is 931. The number of nitrogens with one attached hydrogen (secondary N) is 1. The van der Waals surface area contributed by atoms with Gasteiger partial charge in [0, 0.05) is 35.5 Å². The fourth-order valence-electron chi connectivity index (χ4n) is 3.51. The molecule has 128 valence electrons. The van der Waals surface area contributed by atoms with Crippen LogP contribution in [-0.4, -0.2) is 18.0 Å². The van der Waals surface area contributed by atoms with E-state index in [9.17, 15) is 4.79 Å². The summed E-state index contributed by atoms with van der Waals surface area (Å²) >= 11 is 0. The van der Waals surface area contributed by atoms with E-state index in [1.807, 2.05) is 6.07 Å². The van der Waals surface area contributed by atoms with Crippen molar-refractivity contribution in [1.82, 2.24) is 4.98 Å². The van der Waals surface area contributed by atoms with Crippen LogP contribution in [0.3, 0.4) is 0 Å². The summed E-state index contributed by atoms with van der Waals surface area (Å²) in [5.41, 5.74) is 3.15. The molecule has 0 aliphatic heterocycles. The Morgan fingerprint density at radius 2 is 2.08 bits per heavy atom. The van der Waals surface area contributed by atoms with Crippen molar-refractivity contribution in [1.29, 1.82) is 0 Å². The predicted molar refractivity (Wildman–Crippen MR) is 96.1 cm³/mol. The van der Waals surface area contributed by atoms with E-state index in [4.69, 9.17) is 9.15 Å². The van der Waals surface area contributed by atoms with Crippen molar-refractivity contribution in [2.24, 2.45) is 5.92 Å². The van der Waals surface area contributed by atoms with E-state index < -0.39 is 0 Å². The molecule has 1 N–H and O–H groups in total. The van der Waals surface area contributed by atoms with E-state index in [1.54, 1.807) is 37.7 Å². The van der Waals surface area contributed by atoms with Crippen LogP contribution in [0.15, 0.2) is 41.1 Å². The number of hydrogen-bond donors (Lipinski definition) is 1. The van der Waals surface area contributed by atoms with Gasteiger partial charge >= 0.3 is 0 Å². The maximum Gasteiger partial charge on any atom is 0.256 e. The maximum absolute atomic E-state index is 12.9. The number of pyridine rings is 1. The normalized spacial score (nSPS) is 16.5. The van der Waals surface area contributed by atoms with Crippen LogP contribution in [0.5, 0.6) is 5.75 Å². The maximum atomic E-state index is 12.9. The van der Waals surface area contributed by atoms with Gasteiger partial charge in [0.25, 0.3) is 5.91 Å². The first kappa shape index (κ1) is 15.7. The highest BCUT2D eigenvalue weighted by atomic mass is 16.5. The molecule has 4 rings (SSSR count). The summed E-state index contributed by atoms with van der Waals surface area (Å²) in [5.74, 6) is 2.09. The number of amides is 1. The Hall–Kier alpha value is -2.82. The van der Waals surface area contributed by atoms with Crippen LogP contribution in [0.25, 0.3) is 11.0 Å². The van der Waals surface area contributed by atoms with Gasteiger partial charge in [0.1, 0.15) is 5.76 Å². The number of carbonyl (C=O) groups excluding carboxylic acids is 1. The molecule has 5 nitrogen and oxygen atoms in total. The van der Waals surface area contributed by atoms with Crippen LogP contribution in [0, 0.1) is 5.92 Å². The van der Waals surface area contributed by atoms with Crippen molar-refractivity contribution in [2.45, 2.75) is 26.2 Å². The fraction of sp³-hybridized carbons (Fsp3) is 0.300. The van der Waals surface area contributed by atoms with Crippen molar-refractivity contribution >= 4 is 22.6 Å². The quantitative estimate of drug-likeness (QED) is 0.778. The molecule has 25 heavy (non-hydrogen) atoms. The molecule has 0 saturated heterocycles. The number of methoxy groups -OCH3 is 1. The van der Waals surface area contributed by atoms with Crippen LogP contribution in [0.1, 0.15) is 35.0 Å². The molecular weight excluding hydrogens is 316 g/mol. The van der Waals surface area contributed by atoms with Gasteiger partial charge in [-0.1, -0.05) is 6.92 Å². The van der Waals surface area contributed by atoms with Gasteiger partial charge in [-0.15, -0.1) is 0 Å². The average Bonchev–Trinajstić information content (AvgIpc) is 3.00. The molecule has 1 amide bonds. The van der Waals surface area contributed by atoms with E-state index in [1.165, 1.54) is 0 Å². The number of fused-ring (bicyclic) bond motifs is 3. The zero-order chi connectivity index (χ0) is 17.4. The number of aromatic nitrogens is 1.